The van der Waals surface area contributed by atoms with E-state index in [0.717, 1.165) is 41.4 Å². The number of para-hydroxylation sites is 1. The van der Waals surface area contributed by atoms with Gasteiger partial charge in [0.25, 0.3) is 5.56 Å². The molecule has 0 bridgehead atoms. The number of nitrogens with zero attached hydrogens (tertiary/aromatic N) is 2. The zero-order valence-corrected chi connectivity index (χ0v) is 14.7. The molecule has 1 atom stereocenters. The fourth-order valence-electron chi connectivity index (χ4n) is 3.11. The maximum Gasteiger partial charge on any atom is 0.262 e. The molecular weight excluding hydrogens is 332 g/mol. The zero-order valence-electron chi connectivity index (χ0n) is 13.9. The summed E-state index contributed by atoms with van der Waals surface area (Å²) in [5, 5.41) is 1.43. The Labute approximate surface area is 150 Å². The third-order valence-corrected chi connectivity index (χ3v) is 5.54. The molecule has 0 unspecified atom stereocenters. The van der Waals surface area contributed by atoms with Crippen molar-refractivity contribution in [2.75, 3.05) is 12.4 Å². The van der Waals surface area contributed by atoms with Crippen LogP contribution in [0, 0.1) is 0 Å². The molecule has 5 heteroatoms. The molecule has 1 aliphatic rings. The van der Waals surface area contributed by atoms with E-state index in [0.29, 0.717) is 11.9 Å². The van der Waals surface area contributed by atoms with Gasteiger partial charge in [0, 0.05) is 12.4 Å². The van der Waals surface area contributed by atoms with Crippen LogP contribution in [-0.4, -0.2) is 28.0 Å². The number of rotatable bonds is 5. The molecule has 2 aromatic carbocycles. The predicted octanol–water partition coefficient (Wildman–Crippen LogP) is 3.72. The van der Waals surface area contributed by atoms with E-state index >= 15 is 0 Å². The number of fused-ring (bicyclic) bond motifs is 1. The van der Waals surface area contributed by atoms with Gasteiger partial charge in [0.05, 0.1) is 23.6 Å². The van der Waals surface area contributed by atoms with Crippen LogP contribution >= 0.6 is 11.8 Å². The zero-order chi connectivity index (χ0) is 17.1. The largest absolute Gasteiger partial charge is 0.377 e. The quantitative estimate of drug-likeness (QED) is 0.519. The number of ether oxygens (including phenoxy) is 1. The van der Waals surface area contributed by atoms with Crippen molar-refractivity contribution in [3.8, 4) is 0 Å². The summed E-state index contributed by atoms with van der Waals surface area (Å²) in [6, 6.07) is 17.6. The molecule has 0 N–H and O–H groups in total. The Morgan fingerprint density at radius 1 is 1.12 bits per heavy atom. The number of hydrogen-bond donors (Lipinski definition) is 0. The summed E-state index contributed by atoms with van der Waals surface area (Å²) in [5.74, 6) is 0.833. The van der Waals surface area contributed by atoms with Gasteiger partial charge in [-0.3, -0.25) is 9.36 Å². The molecular formula is C20H20N2O2S. The molecule has 3 aromatic rings. The number of benzene rings is 2. The molecule has 1 aliphatic heterocycles. The molecule has 25 heavy (non-hydrogen) atoms. The summed E-state index contributed by atoms with van der Waals surface area (Å²) in [4.78, 5) is 17.8. The van der Waals surface area contributed by atoms with E-state index in [1.54, 1.807) is 16.3 Å². The molecule has 128 valence electrons. The molecule has 1 fully saturated rings. The van der Waals surface area contributed by atoms with Crippen molar-refractivity contribution in [2.45, 2.75) is 30.6 Å². The van der Waals surface area contributed by atoms with E-state index in [1.807, 2.05) is 54.6 Å². The van der Waals surface area contributed by atoms with Gasteiger partial charge in [-0.25, -0.2) is 4.98 Å². The van der Waals surface area contributed by atoms with E-state index in [-0.39, 0.29) is 11.7 Å². The van der Waals surface area contributed by atoms with E-state index in [9.17, 15) is 4.79 Å². The van der Waals surface area contributed by atoms with E-state index in [2.05, 4.69) is 0 Å². The second-order valence-corrected chi connectivity index (χ2v) is 7.22. The molecule has 2 heterocycles. The minimum absolute atomic E-state index is 0.0179. The lowest BCUT2D eigenvalue weighted by Crippen LogP contribution is -2.24. The SMILES string of the molecule is O=c1c2ccccc2nc(SC[C@H]2CCCO2)n1Cc1ccccc1. The first-order valence-electron chi connectivity index (χ1n) is 8.59. The van der Waals surface area contributed by atoms with Crippen molar-refractivity contribution in [3.63, 3.8) is 0 Å². The van der Waals surface area contributed by atoms with Crippen LogP contribution < -0.4 is 5.56 Å². The number of hydrogen-bond acceptors (Lipinski definition) is 4. The summed E-state index contributed by atoms with van der Waals surface area (Å²) in [7, 11) is 0. The monoisotopic (exact) mass is 352 g/mol. The van der Waals surface area contributed by atoms with Crippen molar-refractivity contribution < 1.29 is 4.74 Å². The highest BCUT2D eigenvalue weighted by molar-refractivity contribution is 7.99. The first-order valence-corrected chi connectivity index (χ1v) is 9.58. The van der Waals surface area contributed by atoms with Crippen LogP contribution in [0.15, 0.2) is 64.5 Å². The van der Waals surface area contributed by atoms with Crippen molar-refractivity contribution in [1.29, 1.82) is 0 Å². The summed E-state index contributed by atoms with van der Waals surface area (Å²) in [5.41, 5.74) is 1.87. The van der Waals surface area contributed by atoms with Crippen LogP contribution in [0.2, 0.25) is 0 Å². The van der Waals surface area contributed by atoms with Crippen LogP contribution in [0.25, 0.3) is 10.9 Å². The van der Waals surface area contributed by atoms with Crippen LogP contribution in [0.1, 0.15) is 18.4 Å². The Morgan fingerprint density at radius 3 is 2.72 bits per heavy atom. The highest BCUT2D eigenvalue weighted by Crippen LogP contribution is 2.23. The fourth-order valence-corrected chi connectivity index (χ4v) is 4.17. The Morgan fingerprint density at radius 2 is 1.92 bits per heavy atom. The molecule has 0 amide bonds. The molecule has 0 saturated carbocycles. The average molecular weight is 352 g/mol. The third kappa shape index (κ3) is 3.62. The molecule has 4 nitrogen and oxygen atoms in total. The lowest BCUT2D eigenvalue weighted by atomic mass is 10.2. The minimum atomic E-state index is 0.0179. The maximum atomic E-state index is 13.0. The lowest BCUT2D eigenvalue weighted by molar-refractivity contribution is 0.129. The Kier molecular flexibility index (Phi) is 4.85. The molecule has 0 radical (unpaired) electrons. The smallest absolute Gasteiger partial charge is 0.262 e. The van der Waals surface area contributed by atoms with Crippen LogP contribution in [0.5, 0.6) is 0 Å². The van der Waals surface area contributed by atoms with E-state index < -0.39 is 0 Å². The van der Waals surface area contributed by atoms with Crippen molar-refractivity contribution in [1.82, 2.24) is 9.55 Å². The minimum Gasteiger partial charge on any atom is -0.377 e. The first-order chi connectivity index (χ1) is 12.3. The Bertz CT molecular complexity index is 918. The van der Waals surface area contributed by atoms with Gasteiger partial charge in [-0.2, -0.15) is 0 Å². The molecule has 4 rings (SSSR count). The highest BCUT2D eigenvalue weighted by Gasteiger charge is 2.18. The van der Waals surface area contributed by atoms with Gasteiger partial charge in [-0.05, 0) is 30.5 Å². The number of thioether (sulfide) groups is 1. The second-order valence-electron chi connectivity index (χ2n) is 6.23. The molecule has 0 spiro atoms. The van der Waals surface area contributed by atoms with Gasteiger partial charge < -0.3 is 4.74 Å². The van der Waals surface area contributed by atoms with Gasteiger partial charge in [0.15, 0.2) is 5.16 Å². The summed E-state index contributed by atoms with van der Waals surface area (Å²) in [6.45, 7) is 1.37. The van der Waals surface area contributed by atoms with Crippen molar-refractivity contribution in [2.24, 2.45) is 0 Å². The third-order valence-electron chi connectivity index (χ3n) is 4.43. The van der Waals surface area contributed by atoms with Gasteiger partial charge in [-0.1, -0.05) is 54.2 Å². The van der Waals surface area contributed by atoms with Gasteiger partial charge >= 0.3 is 0 Å². The predicted molar refractivity (Wildman–Crippen MR) is 101 cm³/mol. The fraction of sp³-hybridized carbons (Fsp3) is 0.300. The number of aromatic nitrogens is 2. The summed E-state index contributed by atoms with van der Waals surface area (Å²) < 4.78 is 7.50. The van der Waals surface area contributed by atoms with Crippen molar-refractivity contribution >= 4 is 22.7 Å². The average Bonchev–Trinajstić information content (AvgIpc) is 3.17. The van der Waals surface area contributed by atoms with Gasteiger partial charge in [0.2, 0.25) is 0 Å². The van der Waals surface area contributed by atoms with Gasteiger partial charge in [0.1, 0.15) is 0 Å². The Balaban J connectivity index is 1.72. The highest BCUT2D eigenvalue weighted by atomic mass is 32.2. The Hall–Kier alpha value is -2.11. The van der Waals surface area contributed by atoms with Crippen LogP contribution in [0.3, 0.4) is 0 Å². The molecule has 1 saturated heterocycles. The van der Waals surface area contributed by atoms with E-state index in [1.165, 1.54) is 0 Å². The normalized spacial score (nSPS) is 17.2. The van der Waals surface area contributed by atoms with E-state index in [4.69, 9.17) is 9.72 Å². The topological polar surface area (TPSA) is 44.1 Å². The molecule has 0 aliphatic carbocycles. The lowest BCUT2D eigenvalue weighted by Gasteiger charge is -2.15. The molecule has 1 aromatic heterocycles. The second kappa shape index (κ2) is 7.42. The van der Waals surface area contributed by atoms with Crippen molar-refractivity contribution in [3.05, 3.63) is 70.5 Å². The van der Waals surface area contributed by atoms with Gasteiger partial charge in [-0.15, -0.1) is 0 Å². The maximum absolute atomic E-state index is 13.0. The standard InChI is InChI=1S/C20H20N2O2S/c23-19-17-10-4-5-11-18(17)21-20(25-14-16-9-6-12-24-16)22(19)13-15-7-2-1-3-8-15/h1-5,7-8,10-11,16H,6,9,12-14H2/t16-/m1/s1. The first kappa shape index (κ1) is 16.4. The van der Waals surface area contributed by atoms with Crippen LogP contribution in [-0.2, 0) is 11.3 Å². The summed E-state index contributed by atoms with van der Waals surface area (Å²) >= 11 is 1.62. The van der Waals surface area contributed by atoms with Crippen LogP contribution in [0.4, 0.5) is 0 Å². The summed E-state index contributed by atoms with van der Waals surface area (Å²) in [6.07, 6.45) is 2.47.